The zero-order valence-corrected chi connectivity index (χ0v) is 16.0. The van der Waals surface area contributed by atoms with Gasteiger partial charge in [-0.2, -0.15) is 0 Å². The normalized spacial score (nSPS) is 19.6. The van der Waals surface area contributed by atoms with Gasteiger partial charge in [-0.05, 0) is 50.3 Å². The summed E-state index contributed by atoms with van der Waals surface area (Å²) >= 11 is 0. The molecule has 1 amide bonds. The second-order valence-corrected chi connectivity index (χ2v) is 7.87. The molecule has 2 fully saturated rings. The van der Waals surface area contributed by atoms with Crippen molar-refractivity contribution in [2.75, 3.05) is 26.7 Å². The molecular weight excluding hydrogens is 342 g/mol. The van der Waals surface area contributed by atoms with E-state index in [1.165, 1.54) is 18.4 Å². The first-order chi connectivity index (χ1) is 13.1. The van der Waals surface area contributed by atoms with Gasteiger partial charge in [-0.3, -0.25) is 4.79 Å². The third kappa shape index (κ3) is 4.00. The Hall–Kier alpha value is -2.34. The quantitative estimate of drug-likeness (QED) is 0.848. The van der Waals surface area contributed by atoms with Gasteiger partial charge in [0.25, 0.3) is 5.91 Å². The summed E-state index contributed by atoms with van der Waals surface area (Å²) in [5, 5.41) is 6.86. The van der Waals surface area contributed by atoms with Crippen molar-refractivity contribution in [2.45, 2.75) is 44.1 Å². The van der Waals surface area contributed by atoms with Crippen LogP contribution >= 0.6 is 0 Å². The lowest BCUT2D eigenvalue weighted by atomic mass is 9.93. The van der Waals surface area contributed by atoms with Gasteiger partial charge in [-0.15, -0.1) is 0 Å². The summed E-state index contributed by atoms with van der Waals surface area (Å²) in [6, 6.07) is 10.4. The number of carbonyl (C=O) groups excluding carboxylic acids is 1. The first-order valence-electron chi connectivity index (χ1n) is 9.69. The van der Waals surface area contributed by atoms with Crippen LogP contribution in [-0.4, -0.2) is 48.7 Å². The highest BCUT2D eigenvalue weighted by Gasteiger charge is 2.45. The topological polar surface area (TPSA) is 67.6 Å². The van der Waals surface area contributed by atoms with Gasteiger partial charge in [0, 0.05) is 37.2 Å². The summed E-state index contributed by atoms with van der Waals surface area (Å²) < 4.78 is 10.3. The minimum Gasteiger partial charge on any atom is -0.497 e. The highest BCUT2D eigenvalue weighted by atomic mass is 16.5. The van der Waals surface area contributed by atoms with E-state index >= 15 is 0 Å². The van der Waals surface area contributed by atoms with Crippen molar-refractivity contribution >= 4 is 5.91 Å². The number of rotatable bonds is 6. The Bertz CT molecular complexity index is 787. The Morgan fingerprint density at radius 3 is 2.56 bits per heavy atom. The van der Waals surface area contributed by atoms with E-state index in [9.17, 15) is 4.79 Å². The maximum atomic E-state index is 12.2. The van der Waals surface area contributed by atoms with E-state index in [-0.39, 0.29) is 11.9 Å². The van der Waals surface area contributed by atoms with E-state index in [1.807, 2.05) is 6.92 Å². The Kier molecular flexibility index (Phi) is 4.91. The molecule has 2 heterocycles. The smallest absolute Gasteiger partial charge is 0.290 e. The molecule has 2 aromatic rings. The molecule has 1 aliphatic carbocycles. The molecule has 1 saturated carbocycles. The van der Waals surface area contributed by atoms with Gasteiger partial charge in [0.1, 0.15) is 5.75 Å². The summed E-state index contributed by atoms with van der Waals surface area (Å²) in [6.45, 7) is 4.94. The van der Waals surface area contributed by atoms with Crippen LogP contribution in [0.5, 0.6) is 5.75 Å². The number of piperidine rings is 1. The highest BCUT2D eigenvalue weighted by molar-refractivity contribution is 5.91. The zero-order valence-electron chi connectivity index (χ0n) is 16.0. The van der Waals surface area contributed by atoms with Crippen LogP contribution in [0.3, 0.4) is 0 Å². The second kappa shape index (κ2) is 7.35. The number of benzene rings is 1. The lowest BCUT2D eigenvalue weighted by Crippen LogP contribution is -2.46. The van der Waals surface area contributed by atoms with Crippen molar-refractivity contribution < 1.29 is 14.1 Å². The number of aromatic nitrogens is 1. The molecule has 27 heavy (non-hydrogen) atoms. The molecule has 1 saturated heterocycles. The van der Waals surface area contributed by atoms with E-state index in [0.717, 1.165) is 43.9 Å². The molecule has 6 nitrogen and oxygen atoms in total. The predicted octanol–water partition coefficient (Wildman–Crippen LogP) is 2.92. The summed E-state index contributed by atoms with van der Waals surface area (Å²) in [4.78, 5) is 14.8. The number of hydrogen-bond donors (Lipinski definition) is 1. The largest absolute Gasteiger partial charge is 0.497 e. The molecule has 0 atom stereocenters. The van der Waals surface area contributed by atoms with E-state index in [4.69, 9.17) is 9.26 Å². The fraction of sp³-hybridized carbons (Fsp3) is 0.524. The van der Waals surface area contributed by atoms with Gasteiger partial charge in [0.2, 0.25) is 5.76 Å². The van der Waals surface area contributed by atoms with Gasteiger partial charge in [0.15, 0.2) is 0 Å². The van der Waals surface area contributed by atoms with E-state index in [2.05, 4.69) is 39.6 Å². The van der Waals surface area contributed by atoms with E-state index < -0.39 is 0 Å². The predicted molar refractivity (Wildman–Crippen MR) is 102 cm³/mol. The van der Waals surface area contributed by atoms with Crippen molar-refractivity contribution in [3.63, 3.8) is 0 Å². The number of aryl methyl sites for hydroxylation is 1. The van der Waals surface area contributed by atoms with Gasteiger partial charge >= 0.3 is 0 Å². The standard InChI is InChI=1S/C21H27N3O3/c1-15-13-19(27-23-15)20(25)22-17-7-11-24(12-8-17)14-21(9-10-21)16-3-5-18(26-2)6-4-16/h3-6,13,17H,7-12,14H2,1-2H3,(H,22,25). The van der Waals surface area contributed by atoms with E-state index in [0.29, 0.717) is 11.2 Å². The monoisotopic (exact) mass is 369 g/mol. The van der Waals surface area contributed by atoms with Gasteiger partial charge < -0.3 is 19.5 Å². The SMILES string of the molecule is COc1ccc(C2(CN3CCC(NC(=O)c4cc(C)no4)CC3)CC2)cc1. The van der Waals surface area contributed by atoms with Crippen molar-refractivity contribution in [1.82, 2.24) is 15.4 Å². The molecule has 0 bridgehead atoms. The summed E-state index contributed by atoms with van der Waals surface area (Å²) in [5.41, 5.74) is 2.45. The minimum atomic E-state index is -0.161. The summed E-state index contributed by atoms with van der Waals surface area (Å²) in [6.07, 6.45) is 4.44. The van der Waals surface area contributed by atoms with Crippen LogP contribution < -0.4 is 10.1 Å². The molecule has 2 aliphatic rings. The lowest BCUT2D eigenvalue weighted by Gasteiger charge is -2.34. The van der Waals surface area contributed by atoms with Crippen LogP contribution in [0.2, 0.25) is 0 Å². The maximum absolute atomic E-state index is 12.2. The molecule has 0 unspecified atom stereocenters. The Labute approximate surface area is 159 Å². The average molecular weight is 369 g/mol. The van der Waals surface area contributed by atoms with Gasteiger partial charge in [-0.1, -0.05) is 17.3 Å². The molecule has 1 aliphatic heterocycles. The fourth-order valence-corrected chi connectivity index (χ4v) is 4.02. The van der Waals surface area contributed by atoms with Gasteiger partial charge in [0.05, 0.1) is 12.8 Å². The van der Waals surface area contributed by atoms with Crippen LogP contribution in [-0.2, 0) is 5.41 Å². The van der Waals surface area contributed by atoms with Crippen molar-refractivity contribution in [3.8, 4) is 5.75 Å². The Morgan fingerprint density at radius 1 is 1.30 bits per heavy atom. The molecule has 0 spiro atoms. The van der Waals surface area contributed by atoms with Crippen LogP contribution in [0.1, 0.15) is 47.5 Å². The highest BCUT2D eigenvalue weighted by Crippen LogP contribution is 2.49. The van der Waals surface area contributed by atoms with Crippen LogP contribution in [0, 0.1) is 6.92 Å². The van der Waals surface area contributed by atoms with Crippen LogP contribution in [0.4, 0.5) is 0 Å². The Morgan fingerprint density at radius 2 is 2.00 bits per heavy atom. The molecule has 1 N–H and O–H groups in total. The average Bonchev–Trinajstić information content (AvgIpc) is 3.34. The minimum absolute atomic E-state index is 0.161. The molecule has 144 valence electrons. The van der Waals surface area contributed by atoms with Crippen LogP contribution in [0.25, 0.3) is 0 Å². The number of amides is 1. The number of hydrogen-bond acceptors (Lipinski definition) is 5. The second-order valence-electron chi connectivity index (χ2n) is 7.87. The first kappa shape index (κ1) is 18.0. The fourth-order valence-electron chi connectivity index (χ4n) is 4.02. The third-order valence-corrected chi connectivity index (χ3v) is 5.86. The van der Waals surface area contributed by atoms with Crippen molar-refractivity contribution in [3.05, 3.63) is 47.3 Å². The molecule has 1 aromatic carbocycles. The maximum Gasteiger partial charge on any atom is 0.290 e. The number of ether oxygens (including phenoxy) is 1. The molecule has 6 heteroatoms. The van der Waals surface area contributed by atoms with E-state index in [1.54, 1.807) is 13.2 Å². The number of nitrogens with one attached hydrogen (secondary N) is 1. The van der Waals surface area contributed by atoms with Crippen molar-refractivity contribution in [1.29, 1.82) is 0 Å². The zero-order chi connectivity index (χ0) is 18.9. The molecule has 0 radical (unpaired) electrons. The summed E-state index contributed by atoms with van der Waals surface area (Å²) in [7, 11) is 1.70. The number of methoxy groups -OCH3 is 1. The molecular formula is C21H27N3O3. The van der Waals surface area contributed by atoms with Crippen LogP contribution in [0.15, 0.2) is 34.9 Å². The number of likely N-dealkylation sites (tertiary alicyclic amines) is 1. The lowest BCUT2D eigenvalue weighted by molar-refractivity contribution is 0.0871. The number of nitrogens with zero attached hydrogens (tertiary/aromatic N) is 2. The number of carbonyl (C=O) groups is 1. The van der Waals surface area contributed by atoms with Gasteiger partial charge in [-0.25, -0.2) is 0 Å². The Balaban J connectivity index is 1.28. The summed E-state index contributed by atoms with van der Waals surface area (Å²) in [5.74, 6) is 1.05. The molecule has 1 aromatic heterocycles. The first-order valence-corrected chi connectivity index (χ1v) is 9.69. The molecule has 4 rings (SSSR count). The third-order valence-electron chi connectivity index (χ3n) is 5.86. The van der Waals surface area contributed by atoms with Crippen molar-refractivity contribution in [2.24, 2.45) is 0 Å².